The van der Waals surface area contributed by atoms with Crippen molar-refractivity contribution in [2.75, 3.05) is 13.1 Å². The molecule has 0 saturated heterocycles. The summed E-state index contributed by atoms with van der Waals surface area (Å²) in [7, 11) is 0. The minimum Gasteiger partial charge on any atom is -0.317 e. The topological polar surface area (TPSA) is 12.0 Å². The molecule has 0 bridgehead atoms. The molecule has 1 aromatic rings. The van der Waals surface area contributed by atoms with Gasteiger partial charge in [0.1, 0.15) is 0 Å². The van der Waals surface area contributed by atoms with Crippen LogP contribution in [0.1, 0.15) is 67.2 Å². The molecule has 1 aromatic carbocycles. The van der Waals surface area contributed by atoms with Crippen LogP contribution in [0.15, 0.2) is 12.1 Å². The molecular formula is C19H31N. The zero-order valence-corrected chi connectivity index (χ0v) is 13.8. The van der Waals surface area contributed by atoms with Gasteiger partial charge in [-0.05, 0) is 80.8 Å². The fourth-order valence-electron chi connectivity index (χ4n) is 3.75. The van der Waals surface area contributed by atoms with Crippen molar-refractivity contribution in [3.05, 3.63) is 34.4 Å². The smallest absolute Gasteiger partial charge is 0.00148 e. The predicted molar refractivity (Wildman–Crippen MR) is 88.5 cm³/mol. The van der Waals surface area contributed by atoms with Crippen LogP contribution in [-0.2, 0) is 0 Å². The van der Waals surface area contributed by atoms with Gasteiger partial charge < -0.3 is 5.32 Å². The predicted octanol–water partition coefficient (Wildman–Crippen LogP) is 4.89. The van der Waals surface area contributed by atoms with Crippen molar-refractivity contribution in [1.82, 2.24) is 5.32 Å². The number of hydrogen-bond donors (Lipinski definition) is 1. The molecule has 2 atom stereocenters. The normalized spacial score (nSPS) is 23.6. The van der Waals surface area contributed by atoms with Gasteiger partial charge in [0.25, 0.3) is 0 Å². The molecular weight excluding hydrogens is 242 g/mol. The lowest BCUT2D eigenvalue weighted by molar-refractivity contribution is 0.378. The van der Waals surface area contributed by atoms with Crippen LogP contribution in [0.4, 0.5) is 0 Å². The van der Waals surface area contributed by atoms with Gasteiger partial charge in [0.05, 0.1) is 0 Å². The highest BCUT2D eigenvalue weighted by molar-refractivity contribution is 5.39. The van der Waals surface area contributed by atoms with Gasteiger partial charge in [-0.1, -0.05) is 38.3 Å². The van der Waals surface area contributed by atoms with E-state index >= 15 is 0 Å². The minimum atomic E-state index is 0.760. The van der Waals surface area contributed by atoms with Crippen LogP contribution in [0.5, 0.6) is 0 Å². The van der Waals surface area contributed by atoms with E-state index in [0.717, 1.165) is 18.4 Å². The van der Waals surface area contributed by atoms with Gasteiger partial charge in [-0.15, -0.1) is 0 Å². The van der Waals surface area contributed by atoms with E-state index in [1.807, 2.05) is 0 Å². The Morgan fingerprint density at radius 3 is 2.40 bits per heavy atom. The third kappa shape index (κ3) is 3.63. The molecule has 0 aromatic heterocycles. The van der Waals surface area contributed by atoms with Crippen molar-refractivity contribution >= 4 is 0 Å². The third-order valence-electron chi connectivity index (χ3n) is 5.10. The van der Waals surface area contributed by atoms with E-state index in [2.05, 4.69) is 45.1 Å². The van der Waals surface area contributed by atoms with Gasteiger partial charge in [-0.25, -0.2) is 0 Å². The summed E-state index contributed by atoms with van der Waals surface area (Å²) >= 11 is 0. The van der Waals surface area contributed by atoms with E-state index in [1.165, 1.54) is 55.3 Å². The van der Waals surface area contributed by atoms with Crippen molar-refractivity contribution in [2.24, 2.45) is 5.92 Å². The Morgan fingerprint density at radius 1 is 0.950 bits per heavy atom. The van der Waals surface area contributed by atoms with Crippen LogP contribution in [0, 0.1) is 26.7 Å². The Morgan fingerprint density at radius 2 is 1.65 bits per heavy atom. The molecule has 1 aliphatic carbocycles. The fourth-order valence-corrected chi connectivity index (χ4v) is 3.75. The lowest BCUT2D eigenvalue weighted by Crippen LogP contribution is -2.27. The summed E-state index contributed by atoms with van der Waals surface area (Å²) in [6.45, 7) is 11.3. The molecule has 0 aliphatic heterocycles. The minimum absolute atomic E-state index is 0.760. The maximum atomic E-state index is 3.59. The first kappa shape index (κ1) is 15.6. The van der Waals surface area contributed by atoms with Crippen LogP contribution in [0.25, 0.3) is 0 Å². The number of hydrogen-bond acceptors (Lipinski definition) is 1. The zero-order chi connectivity index (χ0) is 14.5. The monoisotopic (exact) mass is 273 g/mol. The second kappa shape index (κ2) is 7.26. The van der Waals surface area contributed by atoms with E-state index in [0.29, 0.717) is 0 Å². The summed E-state index contributed by atoms with van der Waals surface area (Å²) in [4.78, 5) is 0. The largest absolute Gasteiger partial charge is 0.317 e. The second-order valence-electron chi connectivity index (χ2n) is 6.61. The quantitative estimate of drug-likeness (QED) is 0.771. The molecule has 1 aliphatic rings. The Balaban J connectivity index is 2.27. The molecule has 0 amide bonds. The number of benzene rings is 1. The van der Waals surface area contributed by atoms with Crippen LogP contribution < -0.4 is 5.32 Å². The van der Waals surface area contributed by atoms with Crippen LogP contribution in [0.3, 0.4) is 0 Å². The van der Waals surface area contributed by atoms with Crippen molar-refractivity contribution in [3.63, 3.8) is 0 Å². The zero-order valence-electron chi connectivity index (χ0n) is 13.8. The van der Waals surface area contributed by atoms with Crippen molar-refractivity contribution < 1.29 is 0 Å². The van der Waals surface area contributed by atoms with Crippen molar-refractivity contribution in [1.29, 1.82) is 0 Å². The average Bonchev–Trinajstić information content (AvgIpc) is 2.66. The molecule has 0 spiro atoms. The number of rotatable bonds is 4. The highest BCUT2D eigenvalue weighted by Gasteiger charge is 2.26. The van der Waals surface area contributed by atoms with E-state index in [1.54, 1.807) is 5.56 Å². The summed E-state index contributed by atoms with van der Waals surface area (Å²) < 4.78 is 0. The molecule has 1 fully saturated rings. The summed E-state index contributed by atoms with van der Waals surface area (Å²) in [5.41, 5.74) is 6.01. The average molecular weight is 273 g/mol. The molecule has 2 rings (SSSR count). The lowest BCUT2D eigenvalue weighted by Gasteiger charge is -2.28. The SMILES string of the molecule is CCNCC1CCCCCC1c1cc(C)c(C)cc1C. The number of aryl methyl sites for hydroxylation is 3. The molecule has 0 heterocycles. The van der Waals surface area contributed by atoms with E-state index in [9.17, 15) is 0 Å². The first-order chi connectivity index (χ1) is 9.63. The van der Waals surface area contributed by atoms with Gasteiger partial charge in [0.2, 0.25) is 0 Å². The van der Waals surface area contributed by atoms with Crippen molar-refractivity contribution in [3.8, 4) is 0 Å². The lowest BCUT2D eigenvalue weighted by atomic mass is 9.79. The van der Waals surface area contributed by atoms with Gasteiger partial charge in [-0.2, -0.15) is 0 Å². The van der Waals surface area contributed by atoms with Crippen LogP contribution in [0.2, 0.25) is 0 Å². The molecule has 1 saturated carbocycles. The van der Waals surface area contributed by atoms with Gasteiger partial charge >= 0.3 is 0 Å². The van der Waals surface area contributed by atoms with Gasteiger partial charge in [-0.3, -0.25) is 0 Å². The van der Waals surface area contributed by atoms with E-state index < -0.39 is 0 Å². The Bertz CT molecular complexity index is 436. The van der Waals surface area contributed by atoms with Crippen LogP contribution in [-0.4, -0.2) is 13.1 Å². The highest BCUT2D eigenvalue weighted by atomic mass is 14.8. The molecule has 1 N–H and O–H groups in total. The molecule has 20 heavy (non-hydrogen) atoms. The molecule has 112 valence electrons. The maximum absolute atomic E-state index is 3.59. The Hall–Kier alpha value is -0.820. The summed E-state index contributed by atoms with van der Waals surface area (Å²) in [5.74, 6) is 1.58. The van der Waals surface area contributed by atoms with E-state index in [-0.39, 0.29) is 0 Å². The fraction of sp³-hybridized carbons (Fsp3) is 0.684. The Labute approximate surface area is 125 Å². The highest BCUT2D eigenvalue weighted by Crippen LogP contribution is 2.38. The number of nitrogens with one attached hydrogen (secondary N) is 1. The molecule has 1 heteroatoms. The first-order valence-corrected chi connectivity index (χ1v) is 8.42. The summed E-state index contributed by atoms with van der Waals surface area (Å²) in [5, 5.41) is 3.59. The van der Waals surface area contributed by atoms with Crippen LogP contribution >= 0.6 is 0 Å². The molecule has 0 radical (unpaired) electrons. The summed E-state index contributed by atoms with van der Waals surface area (Å²) in [6.07, 6.45) is 7.00. The maximum Gasteiger partial charge on any atom is -0.00148 e. The summed E-state index contributed by atoms with van der Waals surface area (Å²) in [6, 6.07) is 4.86. The molecule has 2 unspecified atom stereocenters. The standard InChI is InChI=1S/C19H31N/c1-5-20-13-17-9-7-6-8-10-18(17)19-12-15(3)14(2)11-16(19)4/h11-12,17-18,20H,5-10,13H2,1-4H3. The second-order valence-corrected chi connectivity index (χ2v) is 6.61. The third-order valence-corrected chi connectivity index (χ3v) is 5.10. The Kier molecular flexibility index (Phi) is 5.65. The molecule has 1 nitrogen and oxygen atoms in total. The van der Waals surface area contributed by atoms with Gasteiger partial charge in [0, 0.05) is 0 Å². The first-order valence-electron chi connectivity index (χ1n) is 8.42. The van der Waals surface area contributed by atoms with Gasteiger partial charge in [0.15, 0.2) is 0 Å². The van der Waals surface area contributed by atoms with E-state index in [4.69, 9.17) is 0 Å². The van der Waals surface area contributed by atoms with Crippen molar-refractivity contribution in [2.45, 2.75) is 65.7 Å².